The van der Waals surface area contributed by atoms with E-state index in [4.69, 9.17) is 16.6 Å². The minimum atomic E-state index is 0.524. The average Bonchev–Trinajstić information content (AvgIpc) is 2.86. The molecule has 18 heavy (non-hydrogen) atoms. The third kappa shape index (κ3) is 2.01. The van der Waals surface area contributed by atoms with Crippen molar-refractivity contribution in [2.45, 2.75) is 44.5 Å². The van der Waals surface area contributed by atoms with Crippen LogP contribution in [-0.4, -0.2) is 22.0 Å². The van der Waals surface area contributed by atoms with Gasteiger partial charge in [0.05, 0.1) is 11.6 Å². The van der Waals surface area contributed by atoms with Crippen molar-refractivity contribution in [3.63, 3.8) is 0 Å². The third-order valence-electron chi connectivity index (χ3n) is 3.79. The van der Waals surface area contributed by atoms with Crippen LogP contribution in [0.25, 0.3) is 4.96 Å². The highest BCUT2D eigenvalue weighted by atomic mass is 35.5. The molecule has 0 N–H and O–H groups in total. The number of hydrogen-bond acceptors (Lipinski definition) is 3. The van der Waals surface area contributed by atoms with Crippen molar-refractivity contribution in [2.24, 2.45) is 0 Å². The Labute approximate surface area is 116 Å². The van der Waals surface area contributed by atoms with Gasteiger partial charge in [-0.05, 0) is 19.8 Å². The van der Waals surface area contributed by atoms with Crippen molar-refractivity contribution in [3.8, 4) is 0 Å². The van der Waals surface area contributed by atoms with Gasteiger partial charge in [0, 0.05) is 24.2 Å². The lowest BCUT2D eigenvalue weighted by atomic mass is 10.1. The van der Waals surface area contributed by atoms with E-state index in [0.717, 1.165) is 23.0 Å². The smallest absolute Gasteiger partial charge is 0.195 e. The van der Waals surface area contributed by atoms with Crippen molar-refractivity contribution in [2.75, 3.05) is 11.4 Å². The lowest BCUT2D eigenvalue weighted by Gasteiger charge is -2.28. The summed E-state index contributed by atoms with van der Waals surface area (Å²) in [7, 11) is 0. The molecule has 98 valence electrons. The molecule has 0 saturated carbocycles. The summed E-state index contributed by atoms with van der Waals surface area (Å²) >= 11 is 7.81. The predicted molar refractivity (Wildman–Crippen MR) is 77.9 cm³/mol. The van der Waals surface area contributed by atoms with Crippen LogP contribution < -0.4 is 4.90 Å². The first-order valence-electron chi connectivity index (χ1n) is 6.58. The normalized spacial score (nSPS) is 21.4. The van der Waals surface area contributed by atoms with Crippen LogP contribution in [0.3, 0.4) is 0 Å². The van der Waals surface area contributed by atoms with Gasteiger partial charge in [0.25, 0.3) is 0 Å². The van der Waals surface area contributed by atoms with Crippen molar-refractivity contribution < 1.29 is 0 Å². The number of rotatable bonds is 2. The maximum atomic E-state index is 6.13. The van der Waals surface area contributed by atoms with E-state index in [-0.39, 0.29) is 0 Å². The zero-order chi connectivity index (χ0) is 12.5. The Hall–Kier alpha value is -0.740. The average molecular weight is 284 g/mol. The monoisotopic (exact) mass is 283 g/mol. The SMILES string of the molecule is CC1CCCCCN1c1nc2sccn2c1CCl. The van der Waals surface area contributed by atoms with Gasteiger partial charge in [-0.2, -0.15) is 0 Å². The van der Waals surface area contributed by atoms with Crippen LogP contribution in [0.1, 0.15) is 38.3 Å². The molecule has 3 nitrogen and oxygen atoms in total. The fourth-order valence-electron chi connectivity index (χ4n) is 2.76. The minimum absolute atomic E-state index is 0.524. The number of hydrogen-bond donors (Lipinski definition) is 0. The fraction of sp³-hybridized carbons (Fsp3) is 0.615. The number of fused-ring (bicyclic) bond motifs is 1. The standard InChI is InChI=1S/C13H18ClN3S/c1-10-5-3-2-4-6-16(10)12-11(9-14)17-7-8-18-13(17)15-12/h7-8,10H,2-6,9H2,1H3. The van der Waals surface area contributed by atoms with Crippen molar-refractivity contribution >= 4 is 33.7 Å². The van der Waals surface area contributed by atoms with E-state index >= 15 is 0 Å². The molecule has 3 rings (SSSR count). The molecule has 2 aromatic rings. The number of alkyl halides is 1. The van der Waals surface area contributed by atoms with E-state index < -0.39 is 0 Å². The van der Waals surface area contributed by atoms with Crippen LogP contribution in [0, 0.1) is 0 Å². The number of anilines is 1. The summed E-state index contributed by atoms with van der Waals surface area (Å²) < 4.78 is 2.13. The van der Waals surface area contributed by atoms with Crippen molar-refractivity contribution in [1.82, 2.24) is 9.38 Å². The third-order valence-corrected chi connectivity index (χ3v) is 4.80. The van der Waals surface area contributed by atoms with Crippen LogP contribution in [0.5, 0.6) is 0 Å². The molecular weight excluding hydrogens is 266 g/mol. The van der Waals surface area contributed by atoms with Gasteiger partial charge >= 0.3 is 0 Å². The largest absolute Gasteiger partial charge is 0.352 e. The van der Waals surface area contributed by atoms with Crippen molar-refractivity contribution in [3.05, 3.63) is 17.3 Å². The Morgan fingerprint density at radius 1 is 1.44 bits per heavy atom. The molecular formula is C13H18ClN3S. The lowest BCUT2D eigenvalue weighted by molar-refractivity contribution is 0.611. The molecule has 0 amide bonds. The molecule has 1 atom stereocenters. The van der Waals surface area contributed by atoms with Gasteiger partial charge < -0.3 is 4.90 Å². The number of aromatic nitrogens is 2. The number of halogens is 1. The number of nitrogens with zero attached hydrogens (tertiary/aromatic N) is 3. The van der Waals surface area contributed by atoms with E-state index in [2.05, 4.69) is 27.8 Å². The maximum Gasteiger partial charge on any atom is 0.195 e. The van der Waals surface area contributed by atoms with Gasteiger partial charge in [-0.1, -0.05) is 12.8 Å². The summed E-state index contributed by atoms with van der Waals surface area (Å²) in [6.07, 6.45) is 7.25. The van der Waals surface area contributed by atoms with E-state index in [1.807, 2.05) is 0 Å². The Bertz CT molecular complexity index is 533. The van der Waals surface area contributed by atoms with E-state index in [0.29, 0.717) is 11.9 Å². The van der Waals surface area contributed by atoms with Gasteiger partial charge in [-0.25, -0.2) is 4.98 Å². The summed E-state index contributed by atoms with van der Waals surface area (Å²) in [5.41, 5.74) is 1.14. The highest BCUT2D eigenvalue weighted by molar-refractivity contribution is 7.15. The van der Waals surface area contributed by atoms with E-state index in [9.17, 15) is 0 Å². The Morgan fingerprint density at radius 2 is 2.33 bits per heavy atom. The summed E-state index contributed by atoms with van der Waals surface area (Å²) in [4.78, 5) is 8.28. The quantitative estimate of drug-likeness (QED) is 0.779. The van der Waals surface area contributed by atoms with Crippen LogP contribution in [0.4, 0.5) is 5.82 Å². The maximum absolute atomic E-state index is 6.13. The summed E-state index contributed by atoms with van der Waals surface area (Å²) in [6.45, 7) is 3.41. The van der Waals surface area contributed by atoms with Crippen LogP contribution in [-0.2, 0) is 5.88 Å². The molecule has 0 spiro atoms. The Balaban J connectivity index is 2.03. The molecule has 0 radical (unpaired) electrons. The molecule has 2 aromatic heterocycles. The molecule has 5 heteroatoms. The molecule has 1 unspecified atom stereocenters. The molecule has 3 heterocycles. The number of thiazole rings is 1. The molecule has 1 aliphatic rings. The number of imidazole rings is 1. The van der Waals surface area contributed by atoms with Gasteiger partial charge in [0.15, 0.2) is 10.8 Å². The topological polar surface area (TPSA) is 20.5 Å². The van der Waals surface area contributed by atoms with E-state index in [1.165, 1.54) is 25.7 Å². The molecule has 1 fully saturated rings. The first-order chi connectivity index (χ1) is 8.81. The van der Waals surface area contributed by atoms with Gasteiger partial charge in [0.2, 0.25) is 0 Å². The molecule has 0 aliphatic carbocycles. The first kappa shape index (κ1) is 12.3. The van der Waals surface area contributed by atoms with Crippen LogP contribution in [0.2, 0.25) is 0 Å². The van der Waals surface area contributed by atoms with Gasteiger partial charge in [0.1, 0.15) is 0 Å². The molecule has 1 aliphatic heterocycles. The lowest BCUT2D eigenvalue weighted by Crippen LogP contribution is -2.33. The van der Waals surface area contributed by atoms with E-state index in [1.54, 1.807) is 11.3 Å². The summed E-state index contributed by atoms with van der Waals surface area (Å²) in [5, 5.41) is 2.06. The Morgan fingerprint density at radius 3 is 3.17 bits per heavy atom. The Kier molecular flexibility index (Phi) is 3.48. The molecule has 0 aromatic carbocycles. The molecule has 0 bridgehead atoms. The molecule has 1 saturated heterocycles. The zero-order valence-electron chi connectivity index (χ0n) is 10.6. The van der Waals surface area contributed by atoms with Crippen LogP contribution in [0.15, 0.2) is 11.6 Å². The second kappa shape index (κ2) is 5.10. The van der Waals surface area contributed by atoms with Gasteiger partial charge in [-0.3, -0.25) is 4.40 Å². The summed E-state index contributed by atoms with van der Waals surface area (Å²) in [5.74, 6) is 1.63. The first-order valence-corrected chi connectivity index (χ1v) is 7.99. The minimum Gasteiger partial charge on any atom is -0.352 e. The zero-order valence-corrected chi connectivity index (χ0v) is 12.2. The second-order valence-electron chi connectivity index (χ2n) is 4.96. The van der Waals surface area contributed by atoms with Crippen LogP contribution >= 0.6 is 22.9 Å². The predicted octanol–water partition coefficient (Wildman–Crippen LogP) is 3.90. The van der Waals surface area contributed by atoms with Crippen molar-refractivity contribution in [1.29, 1.82) is 0 Å². The highest BCUT2D eigenvalue weighted by Crippen LogP contribution is 2.30. The fourth-order valence-corrected chi connectivity index (χ4v) is 3.74. The highest BCUT2D eigenvalue weighted by Gasteiger charge is 2.23. The van der Waals surface area contributed by atoms with Gasteiger partial charge in [-0.15, -0.1) is 22.9 Å². The summed E-state index contributed by atoms with van der Waals surface area (Å²) in [6, 6.07) is 0.569. The second-order valence-corrected chi connectivity index (χ2v) is 6.10.